The first-order valence-corrected chi connectivity index (χ1v) is 8.22. The van der Waals surface area contributed by atoms with Gasteiger partial charge in [0.2, 0.25) is 0 Å². The molecular formula is C19H23NO3. The second-order valence-electron chi connectivity index (χ2n) is 5.74. The van der Waals surface area contributed by atoms with E-state index < -0.39 is 0 Å². The molecule has 4 nitrogen and oxygen atoms in total. The number of nitrogens with zero attached hydrogens (tertiary/aromatic N) is 1. The maximum Gasteiger partial charge on any atom is 0.157 e. The second-order valence-corrected chi connectivity index (χ2v) is 5.74. The average molecular weight is 313 g/mol. The van der Waals surface area contributed by atoms with Crippen LogP contribution < -0.4 is 0 Å². The van der Waals surface area contributed by atoms with Gasteiger partial charge in [0.05, 0.1) is 12.3 Å². The molecule has 0 saturated carbocycles. The van der Waals surface area contributed by atoms with Crippen LogP contribution in [0.1, 0.15) is 31.7 Å². The molecule has 1 saturated heterocycles. The zero-order chi connectivity index (χ0) is 15.9. The molecule has 1 aliphatic heterocycles. The predicted octanol–water partition coefficient (Wildman–Crippen LogP) is 4.12. The highest BCUT2D eigenvalue weighted by Gasteiger charge is 2.13. The number of ether oxygens (including phenoxy) is 2. The molecule has 0 aromatic heterocycles. The molecule has 1 atom stereocenters. The van der Waals surface area contributed by atoms with Gasteiger partial charge in [-0.1, -0.05) is 41.6 Å². The summed E-state index contributed by atoms with van der Waals surface area (Å²) in [5, 5.41) is 6.61. The Morgan fingerprint density at radius 3 is 2.83 bits per heavy atom. The first-order valence-electron chi connectivity index (χ1n) is 8.22. The van der Waals surface area contributed by atoms with Crippen LogP contribution in [0, 0.1) is 0 Å². The van der Waals surface area contributed by atoms with Crippen molar-refractivity contribution < 1.29 is 14.3 Å². The molecule has 0 bridgehead atoms. The number of benzene rings is 2. The Hall–Kier alpha value is -1.91. The van der Waals surface area contributed by atoms with Crippen LogP contribution >= 0.6 is 0 Å². The molecule has 122 valence electrons. The standard InChI is InChI=1S/C19H23NO3/c1-15(17-10-9-16-6-2-3-7-18(16)14-17)20-23-13-12-22-19-8-4-5-11-21-19/h2-3,6-7,9-10,14,19H,4-5,8,11-13H2,1H3/b20-15+. The van der Waals surface area contributed by atoms with Crippen LogP contribution in [0.4, 0.5) is 0 Å². The summed E-state index contributed by atoms with van der Waals surface area (Å²) in [6.45, 7) is 3.68. The van der Waals surface area contributed by atoms with E-state index in [9.17, 15) is 0 Å². The Balaban J connectivity index is 1.48. The van der Waals surface area contributed by atoms with Crippen molar-refractivity contribution in [3.05, 3.63) is 48.0 Å². The van der Waals surface area contributed by atoms with Crippen molar-refractivity contribution in [3.63, 3.8) is 0 Å². The van der Waals surface area contributed by atoms with Crippen molar-refractivity contribution in [2.45, 2.75) is 32.5 Å². The molecule has 0 radical (unpaired) electrons. The van der Waals surface area contributed by atoms with E-state index in [4.69, 9.17) is 14.3 Å². The molecule has 4 heteroatoms. The van der Waals surface area contributed by atoms with E-state index in [1.807, 2.05) is 19.1 Å². The lowest BCUT2D eigenvalue weighted by Gasteiger charge is -2.22. The van der Waals surface area contributed by atoms with E-state index in [2.05, 4.69) is 35.5 Å². The van der Waals surface area contributed by atoms with Gasteiger partial charge >= 0.3 is 0 Å². The van der Waals surface area contributed by atoms with Crippen molar-refractivity contribution in [3.8, 4) is 0 Å². The molecule has 3 rings (SSSR count). The molecular weight excluding hydrogens is 290 g/mol. The molecule has 1 aliphatic rings. The van der Waals surface area contributed by atoms with E-state index in [-0.39, 0.29) is 6.29 Å². The topological polar surface area (TPSA) is 40.0 Å². The van der Waals surface area contributed by atoms with Crippen LogP contribution in [-0.4, -0.2) is 31.8 Å². The lowest BCUT2D eigenvalue weighted by molar-refractivity contribution is -0.169. The smallest absolute Gasteiger partial charge is 0.157 e. The third kappa shape index (κ3) is 4.53. The van der Waals surface area contributed by atoms with Gasteiger partial charge in [-0.3, -0.25) is 0 Å². The third-order valence-electron chi connectivity index (χ3n) is 3.98. The molecule has 2 aromatic rings. The zero-order valence-corrected chi connectivity index (χ0v) is 13.5. The van der Waals surface area contributed by atoms with Gasteiger partial charge in [-0.15, -0.1) is 0 Å². The van der Waals surface area contributed by atoms with E-state index in [1.165, 1.54) is 17.2 Å². The van der Waals surface area contributed by atoms with Crippen molar-refractivity contribution in [2.24, 2.45) is 5.16 Å². The molecule has 0 spiro atoms. The molecule has 0 aliphatic carbocycles. The van der Waals surface area contributed by atoms with Crippen LogP contribution in [-0.2, 0) is 14.3 Å². The number of rotatable bonds is 6. The highest BCUT2D eigenvalue weighted by atomic mass is 16.7. The molecule has 1 fully saturated rings. The monoisotopic (exact) mass is 313 g/mol. The second kappa shape index (κ2) is 8.09. The van der Waals surface area contributed by atoms with Crippen molar-refractivity contribution in [1.29, 1.82) is 0 Å². The van der Waals surface area contributed by atoms with Gasteiger partial charge in [-0.2, -0.15) is 0 Å². The molecule has 2 aromatic carbocycles. The highest BCUT2D eigenvalue weighted by Crippen LogP contribution is 2.16. The molecule has 1 unspecified atom stereocenters. The zero-order valence-electron chi connectivity index (χ0n) is 13.5. The Labute approximate surface area is 137 Å². The Bertz CT molecular complexity index is 662. The summed E-state index contributed by atoms with van der Waals surface area (Å²) < 4.78 is 11.1. The first kappa shape index (κ1) is 16.0. The van der Waals surface area contributed by atoms with E-state index >= 15 is 0 Å². The van der Waals surface area contributed by atoms with Crippen LogP contribution in [0.15, 0.2) is 47.6 Å². The average Bonchev–Trinajstić information content (AvgIpc) is 2.61. The van der Waals surface area contributed by atoms with Gasteiger partial charge in [0.25, 0.3) is 0 Å². The summed E-state index contributed by atoms with van der Waals surface area (Å²) in [4.78, 5) is 5.36. The number of oxime groups is 1. The van der Waals surface area contributed by atoms with Gasteiger partial charge < -0.3 is 14.3 Å². The largest absolute Gasteiger partial charge is 0.393 e. The minimum absolute atomic E-state index is 0.0714. The Morgan fingerprint density at radius 1 is 1.13 bits per heavy atom. The minimum Gasteiger partial charge on any atom is -0.393 e. The van der Waals surface area contributed by atoms with Gasteiger partial charge in [0.1, 0.15) is 6.61 Å². The molecule has 0 amide bonds. The van der Waals surface area contributed by atoms with Crippen LogP contribution in [0.3, 0.4) is 0 Å². The highest BCUT2D eigenvalue weighted by molar-refractivity contribution is 6.01. The summed E-state index contributed by atoms with van der Waals surface area (Å²) in [5.74, 6) is 0. The minimum atomic E-state index is -0.0714. The maximum absolute atomic E-state index is 5.61. The number of hydrogen-bond acceptors (Lipinski definition) is 4. The van der Waals surface area contributed by atoms with Crippen molar-refractivity contribution >= 4 is 16.5 Å². The maximum atomic E-state index is 5.61. The third-order valence-corrected chi connectivity index (χ3v) is 3.98. The van der Waals surface area contributed by atoms with Crippen LogP contribution in [0.2, 0.25) is 0 Å². The molecule has 0 N–H and O–H groups in total. The number of fused-ring (bicyclic) bond motifs is 1. The summed E-state index contributed by atoms with van der Waals surface area (Å²) in [7, 11) is 0. The fourth-order valence-corrected chi connectivity index (χ4v) is 2.67. The van der Waals surface area contributed by atoms with Crippen molar-refractivity contribution in [1.82, 2.24) is 0 Å². The van der Waals surface area contributed by atoms with Gasteiger partial charge in [-0.05, 0) is 48.6 Å². The lowest BCUT2D eigenvalue weighted by atomic mass is 10.0. The van der Waals surface area contributed by atoms with Gasteiger partial charge in [0.15, 0.2) is 6.29 Å². The fourth-order valence-electron chi connectivity index (χ4n) is 2.67. The Morgan fingerprint density at radius 2 is 2.00 bits per heavy atom. The fraction of sp³-hybridized carbons (Fsp3) is 0.421. The first-order chi connectivity index (χ1) is 11.3. The summed E-state index contributed by atoms with van der Waals surface area (Å²) in [6, 6.07) is 14.6. The van der Waals surface area contributed by atoms with Crippen LogP contribution in [0.25, 0.3) is 10.8 Å². The quantitative estimate of drug-likeness (QED) is 0.457. The SMILES string of the molecule is C/C(=N\OCCOC1CCCCO1)c1ccc2ccccc2c1. The summed E-state index contributed by atoms with van der Waals surface area (Å²) in [6.07, 6.45) is 3.20. The van der Waals surface area contributed by atoms with Gasteiger partial charge in [0, 0.05) is 6.61 Å². The molecule has 23 heavy (non-hydrogen) atoms. The van der Waals surface area contributed by atoms with Crippen LogP contribution in [0.5, 0.6) is 0 Å². The normalized spacial score (nSPS) is 19.0. The van der Waals surface area contributed by atoms with E-state index in [0.29, 0.717) is 13.2 Å². The molecule has 1 heterocycles. The Kier molecular flexibility index (Phi) is 5.61. The lowest BCUT2D eigenvalue weighted by Crippen LogP contribution is -2.23. The summed E-state index contributed by atoms with van der Waals surface area (Å²) in [5.41, 5.74) is 1.94. The summed E-state index contributed by atoms with van der Waals surface area (Å²) >= 11 is 0. The van der Waals surface area contributed by atoms with Crippen molar-refractivity contribution in [2.75, 3.05) is 19.8 Å². The number of hydrogen-bond donors (Lipinski definition) is 0. The van der Waals surface area contributed by atoms with E-state index in [1.54, 1.807) is 0 Å². The van der Waals surface area contributed by atoms with Gasteiger partial charge in [-0.25, -0.2) is 0 Å². The van der Waals surface area contributed by atoms with E-state index in [0.717, 1.165) is 30.7 Å². The predicted molar refractivity (Wildman–Crippen MR) is 91.7 cm³/mol.